The molecular formula is C39H43BrN4O7S3. The van der Waals surface area contributed by atoms with Crippen molar-refractivity contribution in [2.45, 2.75) is 66.4 Å². The fourth-order valence-electron chi connectivity index (χ4n) is 8.37. The average molecular weight is 856 g/mol. The number of aliphatic hydroxyl groups is 2. The average Bonchev–Trinajstić information content (AvgIpc) is 3.75. The third-order valence-electron chi connectivity index (χ3n) is 11.1. The minimum absolute atomic E-state index is 0.0539. The first-order valence-electron chi connectivity index (χ1n) is 18.1. The monoisotopic (exact) mass is 854 g/mol. The van der Waals surface area contributed by atoms with Crippen LogP contribution in [0.1, 0.15) is 52.9 Å². The zero-order chi connectivity index (χ0) is 37.8. The molecule has 2 aliphatic heterocycles. The van der Waals surface area contributed by atoms with Gasteiger partial charge in [-0.2, -0.15) is 25.3 Å². The number of halogens is 1. The normalized spacial score (nSPS) is 24.1. The van der Waals surface area contributed by atoms with Crippen molar-refractivity contribution in [2.24, 2.45) is 11.0 Å². The second-order valence-electron chi connectivity index (χ2n) is 14.7. The van der Waals surface area contributed by atoms with E-state index < -0.39 is 27.6 Å². The highest BCUT2D eigenvalue weighted by atomic mass is 79.9. The molecule has 54 heavy (non-hydrogen) atoms. The summed E-state index contributed by atoms with van der Waals surface area (Å²) in [7, 11) is -0.235. The number of anilines is 1. The number of aliphatic hydroxyl groups excluding tert-OH is 2. The molecule has 11 nitrogen and oxygen atoms in total. The first-order valence-corrected chi connectivity index (χ1v) is 22.4. The van der Waals surface area contributed by atoms with Crippen LogP contribution >= 0.6 is 39.0 Å². The first-order chi connectivity index (χ1) is 26.1. The van der Waals surface area contributed by atoms with Gasteiger partial charge in [0, 0.05) is 72.2 Å². The lowest BCUT2D eigenvalue weighted by atomic mass is 9.64. The van der Waals surface area contributed by atoms with Crippen LogP contribution in [0, 0.1) is 5.92 Å². The Bertz CT molecular complexity index is 2210. The molecule has 2 fully saturated rings. The number of nitrogens with one attached hydrogen (secondary N) is 1. The Morgan fingerprint density at radius 1 is 1.15 bits per heavy atom. The smallest absolute Gasteiger partial charge is 0.277 e. The maximum atomic E-state index is 14.1. The fourth-order valence-corrected chi connectivity index (χ4v) is 12.0. The maximum absolute atomic E-state index is 14.1. The number of thiophene rings is 1. The number of rotatable bonds is 12. The Balaban J connectivity index is 1.19. The number of amides is 1. The molecule has 3 N–H and O–H groups in total. The zero-order valence-electron chi connectivity index (χ0n) is 30.0. The van der Waals surface area contributed by atoms with Gasteiger partial charge in [-0.05, 0) is 76.3 Å². The Morgan fingerprint density at radius 3 is 2.67 bits per heavy atom. The van der Waals surface area contributed by atoms with E-state index in [9.17, 15) is 23.4 Å². The van der Waals surface area contributed by atoms with Crippen molar-refractivity contribution in [3.05, 3.63) is 80.5 Å². The van der Waals surface area contributed by atoms with Gasteiger partial charge in [-0.3, -0.25) is 4.79 Å². The molecule has 4 aromatic rings. The van der Waals surface area contributed by atoms with Crippen LogP contribution in [0.15, 0.2) is 74.4 Å². The lowest BCUT2D eigenvalue weighted by Gasteiger charge is -2.46. The van der Waals surface area contributed by atoms with Gasteiger partial charge in [0.25, 0.3) is 15.9 Å². The maximum Gasteiger partial charge on any atom is 0.277 e. The van der Waals surface area contributed by atoms with Crippen LogP contribution in [-0.4, -0.2) is 92.2 Å². The molecule has 286 valence electrons. The van der Waals surface area contributed by atoms with E-state index in [0.29, 0.717) is 69.5 Å². The number of hydrazone groups is 1. The van der Waals surface area contributed by atoms with Crippen molar-refractivity contribution >= 4 is 77.1 Å². The van der Waals surface area contributed by atoms with Gasteiger partial charge >= 0.3 is 0 Å². The van der Waals surface area contributed by atoms with E-state index in [1.54, 1.807) is 34.9 Å². The minimum atomic E-state index is -4.08. The first kappa shape index (κ1) is 37.6. The second-order valence-corrected chi connectivity index (χ2v) is 19.4. The number of nitrogens with zero attached hydrogens (tertiary/aromatic N) is 3. The molecule has 1 amide bonds. The standard InChI is InChI=1S/C39H43BrN4O7S3/c1-43(2)29-8-3-7-28-27(29)6-4-10-32(28)54(48,49)42-41-25-17-33-39(34(18-25)53-15-13-45)19-26(21-46)44(38(47)31-9-5-14-52-31)20-24-16-30(50-22-23-11-12-23)36(40)37(51-33)35(24)39/h3-10,14,16,23,26,33-34,42,45-46H,11-13,15,17-22H2,1-2H3/b41-25-/t26-,33+,34+,39+/m0/s1. The predicted molar refractivity (Wildman–Crippen MR) is 217 cm³/mol. The Kier molecular flexibility index (Phi) is 10.4. The van der Waals surface area contributed by atoms with Gasteiger partial charge in [-0.25, -0.2) is 4.83 Å². The Labute approximate surface area is 331 Å². The van der Waals surface area contributed by atoms with Gasteiger partial charge in [0.05, 0.1) is 41.1 Å². The van der Waals surface area contributed by atoms with Gasteiger partial charge in [-0.1, -0.05) is 30.3 Å². The molecule has 0 bridgehead atoms. The molecular weight excluding hydrogens is 813 g/mol. The topological polar surface area (TPSA) is 141 Å². The van der Waals surface area contributed by atoms with E-state index in [0.717, 1.165) is 35.0 Å². The van der Waals surface area contributed by atoms with Crippen molar-refractivity contribution in [1.82, 2.24) is 9.73 Å². The van der Waals surface area contributed by atoms with E-state index in [2.05, 4.69) is 25.9 Å². The highest BCUT2D eigenvalue weighted by Crippen LogP contribution is 2.61. The van der Waals surface area contributed by atoms with Crippen LogP contribution in [0.25, 0.3) is 10.8 Å². The van der Waals surface area contributed by atoms with E-state index in [4.69, 9.17) is 9.47 Å². The lowest BCUT2D eigenvalue weighted by molar-refractivity contribution is 0.0451. The van der Waals surface area contributed by atoms with Gasteiger partial charge in [-0.15, -0.1) is 11.3 Å². The number of fused-ring (bicyclic) bond motifs is 1. The number of hydrogen-bond acceptors (Lipinski definition) is 11. The summed E-state index contributed by atoms with van der Waals surface area (Å²) >= 11 is 6.79. The summed E-state index contributed by atoms with van der Waals surface area (Å²) in [6, 6.07) is 16.0. The van der Waals surface area contributed by atoms with E-state index in [1.165, 1.54) is 11.3 Å². The molecule has 4 aliphatic rings. The van der Waals surface area contributed by atoms with Crippen molar-refractivity contribution in [3.8, 4) is 11.5 Å². The van der Waals surface area contributed by atoms with Crippen LogP contribution in [0.5, 0.6) is 11.5 Å². The van der Waals surface area contributed by atoms with E-state index in [1.807, 2.05) is 60.8 Å². The van der Waals surface area contributed by atoms with Gasteiger partial charge in [0.2, 0.25) is 0 Å². The Hall–Kier alpha value is -3.34. The summed E-state index contributed by atoms with van der Waals surface area (Å²) in [6.45, 7) is 0.539. The number of thioether (sulfide) groups is 1. The highest BCUT2D eigenvalue weighted by Gasteiger charge is 2.61. The zero-order valence-corrected chi connectivity index (χ0v) is 34.1. The minimum Gasteiger partial charge on any atom is -0.492 e. The van der Waals surface area contributed by atoms with Crippen molar-refractivity contribution in [3.63, 3.8) is 0 Å². The fraction of sp³-hybridized carbons (Fsp3) is 0.436. The largest absolute Gasteiger partial charge is 0.492 e. The second kappa shape index (κ2) is 15.0. The SMILES string of the molecule is CN(C)c1cccc2c(S(=O)(=O)N/N=C3/C[C@H]4Oc5c(Br)c(OCC6CC6)cc6c5[C@@]4(C[C@@H](CO)N(C(=O)c4cccs4)C6)[C@H](SCCO)C3)cccc12. The molecule has 8 rings (SSSR count). The Morgan fingerprint density at radius 2 is 1.94 bits per heavy atom. The van der Waals surface area contributed by atoms with Crippen LogP contribution in [0.3, 0.4) is 0 Å². The molecule has 0 unspecified atom stereocenters. The summed E-state index contributed by atoms with van der Waals surface area (Å²) in [5, 5.41) is 28.7. The summed E-state index contributed by atoms with van der Waals surface area (Å²) in [5.41, 5.74) is 2.69. The number of carbonyl (C=O) groups excluding carboxylic acids is 1. The van der Waals surface area contributed by atoms with E-state index in [-0.39, 0.29) is 35.8 Å². The van der Waals surface area contributed by atoms with Crippen LogP contribution in [0.4, 0.5) is 5.69 Å². The van der Waals surface area contributed by atoms with Crippen LogP contribution in [-0.2, 0) is 22.0 Å². The quantitative estimate of drug-likeness (QED) is 0.143. The highest BCUT2D eigenvalue weighted by molar-refractivity contribution is 9.10. The van der Waals surface area contributed by atoms with Crippen molar-refractivity contribution < 1.29 is 32.9 Å². The predicted octanol–water partition coefficient (Wildman–Crippen LogP) is 6.15. The van der Waals surface area contributed by atoms with Gasteiger partial charge in [0.1, 0.15) is 22.1 Å². The summed E-state index contributed by atoms with van der Waals surface area (Å²) in [6.07, 6.45) is 2.89. The number of carbonyl (C=O) groups is 1. The molecule has 2 saturated carbocycles. The molecule has 1 aromatic heterocycles. The number of ether oxygens (including phenoxy) is 2. The molecule has 15 heteroatoms. The van der Waals surface area contributed by atoms with Crippen LogP contribution < -0.4 is 19.2 Å². The number of sulfonamides is 1. The molecule has 3 heterocycles. The summed E-state index contributed by atoms with van der Waals surface area (Å²) in [4.78, 5) is 21.1. The van der Waals surface area contributed by atoms with E-state index >= 15 is 0 Å². The molecule has 4 atom stereocenters. The molecule has 3 aromatic carbocycles. The molecule has 1 spiro atoms. The molecule has 0 saturated heterocycles. The van der Waals surface area contributed by atoms with Crippen LogP contribution in [0.2, 0.25) is 0 Å². The van der Waals surface area contributed by atoms with Gasteiger partial charge in [0.15, 0.2) is 0 Å². The number of benzene rings is 3. The summed E-state index contributed by atoms with van der Waals surface area (Å²) < 4.78 is 41.9. The third kappa shape index (κ3) is 6.68. The summed E-state index contributed by atoms with van der Waals surface area (Å²) in [5.74, 6) is 2.09. The van der Waals surface area contributed by atoms with Gasteiger partial charge < -0.3 is 29.5 Å². The lowest BCUT2D eigenvalue weighted by Crippen LogP contribution is -2.55. The number of hydrogen-bond donors (Lipinski definition) is 3. The molecule has 2 aliphatic carbocycles. The third-order valence-corrected chi connectivity index (χ3v) is 15.4. The van der Waals surface area contributed by atoms with Crippen molar-refractivity contribution in [1.29, 1.82) is 0 Å². The van der Waals surface area contributed by atoms with Crippen molar-refractivity contribution in [2.75, 3.05) is 44.6 Å². The molecule has 0 radical (unpaired) electrons.